The molecule has 1 aromatic rings. The van der Waals surface area contributed by atoms with Crippen molar-refractivity contribution in [2.24, 2.45) is 5.84 Å². The Bertz CT molecular complexity index is 606. The zero-order chi connectivity index (χ0) is 14.9. The highest BCUT2D eigenvalue weighted by Crippen LogP contribution is 2.28. The molecule has 2 fully saturated rings. The third-order valence-corrected chi connectivity index (χ3v) is 5.89. The third kappa shape index (κ3) is 3.03. The number of nitrogens with zero attached hydrogens (tertiary/aromatic N) is 2. The first-order valence-corrected chi connectivity index (χ1v) is 8.76. The molecule has 0 spiro atoms. The van der Waals surface area contributed by atoms with E-state index in [1.54, 1.807) is 6.07 Å². The second-order valence-electron chi connectivity index (χ2n) is 5.67. The molecule has 2 aliphatic heterocycles. The Morgan fingerprint density at radius 2 is 2.19 bits per heavy atom. The molecule has 7 nitrogen and oxygen atoms in total. The number of rotatable bonds is 4. The number of hydrazine groups is 1. The Morgan fingerprint density at radius 3 is 3.00 bits per heavy atom. The predicted molar refractivity (Wildman–Crippen MR) is 80.0 cm³/mol. The summed E-state index contributed by atoms with van der Waals surface area (Å²) < 4.78 is 27.8. The lowest BCUT2D eigenvalue weighted by molar-refractivity contribution is 0.176. The fourth-order valence-electron chi connectivity index (χ4n) is 3.33. The van der Waals surface area contributed by atoms with E-state index in [-0.39, 0.29) is 16.8 Å². The monoisotopic (exact) mass is 311 g/mol. The zero-order valence-corrected chi connectivity index (χ0v) is 12.6. The summed E-state index contributed by atoms with van der Waals surface area (Å²) in [4.78, 5) is 6.50. The van der Waals surface area contributed by atoms with E-state index in [2.05, 4.69) is 20.0 Å². The second kappa shape index (κ2) is 5.88. The van der Waals surface area contributed by atoms with Crippen LogP contribution in [0.2, 0.25) is 0 Å². The van der Waals surface area contributed by atoms with Crippen LogP contribution < -0.4 is 16.0 Å². The number of piperidine rings is 1. The number of aromatic nitrogens is 1. The van der Waals surface area contributed by atoms with Gasteiger partial charge in [0.1, 0.15) is 4.90 Å². The minimum atomic E-state index is -3.60. The first-order valence-electron chi connectivity index (χ1n) is 7.28. The lowest BCUT2D eigenvalue weighted by atomic mass is 9.99. The summed E-state index contributed by atoms with van der Waals surface area (Å²) in [7, 11) is -3.60. The highest BCUT2D eigenvalue weighted by atomic mass is 32.2. The number of sulfonamides is 1. The van der Waals surface area contributed by atoms with Gasteiger partial charge in [-0.05, 0) is 50.9 Å². The van der Waals surface area contributed by atoms with Gasteiger partial charge < -0.3 is 10.3 Å². The number of hydrogen-bond donors (Lipinski definition) is 3. The smallest absolute Gasteiger partial charge is 0.244 e. The Labute approximate surface area is 124 Å². The Kier molecular flexibility index (Phi) is 4.12. The topological polar surface area (TPSA) is 100 Å². The van der Waals surface area contributed by atoms with Crippen molar-refractivity contribution in [2.45, 2.75) is 42.7 Å². The Balaban J connectivity index is 1.74. The van der Waals surface area contributed by atoms with E-state index >= 15 is 0 Å². The van der Waals surface area contributed by atoms with Crippen LogP contribution in [0.3, 0.4) is 0 Å². The maximum atomic E-state index is 12.5. The van der Waals surface area contributed by atoms with Gasteiger partial charge >= 0.3 is 0 Å². The molecular formula is C13H21N5O2S. The number of nitrogens with one attached hydrogen (secondary N) is 2. The average molecular weight is 311 g/mol. The van der Waals surface area contributed by atoms with Gasteiger partial charge in [-0.1, -0.05) is 0 Å². The van der Waals surface area contributed by atoms with Crippen LogP contribution in [0.4, 0.5) is 5.82 Å². The number of nitrogens with two attached hydrogens (primary N) is 1. The fraction of sp³-hybridized carbons (Fsp3) is 0.615. The second-order valence-corrected chi connectivity index (χ2v) is 7.35. The van der Waals surface area contributed by atoms with E-state index in [0.29, 0.717) is 6.04 Å². The molecule has 4 N–H and O–H groups in total. The van der Waals surface area contributed by atoms with E-state index in [0.717, 1.165) is 25.9 Å². The van der Waals surface area contributed by atoms with Gasteiger partial charge in [-0.2, -0.15) is 0 Å². The summed E-state index contributed by atoms with van der Waals surface area (Å²) in [5, 5.41) is 0. The number of hydrogen-bond acceptors (Lipinski definition) is 6. The van der Waals surface area contributed by atoms with Crippen LogP contribution in [0.15, 0.2) is 23.2 Å². The number of fused-ring (bicyclic) bond motifs is 1. The van der Waals surface area contributed by atoms with Gasteiger partial charge in [-0.15, -0.1) is 0 Å². The molecule has 3 heterocycles. The van der Waals surface area contributed by atoms with E-state index in [1.165, 1.54) is 25.1 Å². The summed E-state index contributed by atoms with van der Waals surface area (Å²) in [6, 6.07) is 3.61. The Morgan fingerprint density at radius 1 is 1.33 bits per heavy atom. The molecule has 116 valence electrons. The summed E-state index contributed by atoms with van der Waals surface area (Å²) in [6.07, 6.45) is 5.62. The molecule has 0 aromatic carbocycles. The van der Waals surface area contributed by atoms with Gasteiger partial charge in [-0.3, -0.25) is 0 Å². The molecule has 2 atom stereocenters. The van der Waals surface area contributed by atoms with Crippen molar-refractivity contribution in [1.82, 2.24) is 14.6 Å². The quantitative estimate of drug-likeness (QED) is 0.545. The van der Waals surface area contributed by atoms with E-state index < -0.39 is 10.0 Å². The molecule has 3 rings (SSSR count). The first kappa shape index (κ1) is 14.7. The largest absolute Gasteiger partial charge is 0.307 e. The molecule has 2 unspecified atom stereocenters. The molecule has 0 saturated carbocycles. The number of nitrogen functional groups attached to an aromatic ring is 1. The highest BCUT2D eigenvalue weighted by molar-refractivity contribution is 7.89. The van der Waals surface area contributed by atoms with Crippen LogP contribution in [0.5, 0.6) is 0 Å². The Hall–Kier alpha value is -1.22. The van der Waals surface area contributed by atoms with Crippen molar-refractivity contribution in [3.8, 4) is 0 Å². The molecule has 0 amide bonds. The van der Waals surface area contributed by atoms with Crippen molar-refractivity contribution >= 4 is 15.8 Å². The molecule has 8 heteroatoms. The summed E-state index contributed by atoms with van der Waals surface area (Å²) >= 11 is 0. The van der Waals surface area contributed by atoms with Gasteiger partial charge in [-0.25, -0.2) is 24.0 Å². The van der Waals surface area contributed by atoms with Crippen LogP contribution in [-0.4, -0.2) is 43.5 Å². The van der Waals surface area contributed by atoms with Crippen molar-refractivity contribution in [3.63, 3.8) is 0 Å². The van der Waals surface area contributed by atoms with Crippen molar-refractivity contribution in [2.75, 3.05) is 18.5 Å². The SMILES string of the molecule is NNc1ncccc1S(=O)(=O)NC1CCN2CCCC2C1. The lowest BCUT2D eigenvalue weighted by Crippen LogP contribution is -2.47. The van der Waals surface area contributed by atoms with Gasteiger partial charge in [0.2, 0.25) is 10.0 Å². The fourth-order valence-corrected chi connectivity index (χ4v) is 4.73. The number of pyridine rings is 1. The maximum absolute atomic E-state index is 12.5. The molecular weight excluding hydrogens is 290 g/mol. The van der Waals surface area contributed by atoms with E-state index in [4.69, 9.17) is 5.84 Å². The maximum Gasteiger partial charge on any atom is 0.244 e. The van der Waals surface area contributed by atoms with Crippen LogP contribution in [0.25, 0.3) is 0 Å². The van der Waals surface area contributed by atoms with Crippen LogP contribution >= 0.6 is 0 Å². The predicted octanol–water partition coefficient (Wildman–Crippen LogP) is 0.272. The van der Waals surface area contributed by atoms with Crippen molar-refractivity contribution in [1.29, 1.82) is 0 Å². The summed E-state index contributed by atoms with van der Waals surface area (Å²) in [5.74, 6) is 5.51. The lowest BCUT2D eigenvalue weighted by Gasteiger charge is -2.34. The average Bonchev–Trinajstić information content (AvgIpc) is 2.94. The van der Waals surface area contributed by atoms with Gasteiger partial charge in [0.25, 0.3) is 0 Å². The summed E-state index contributed by atoms with van der Waals surface area (Å²) in [6.45, 7) is 2.11. The minimum absolute atomic E-state index is 0.0137. The van der Waals surface area contributed by atoms with Crippen LogP contribution in [0.1, 0.15) is 25.7 Å². The van der Waals surface area contributed by atoms with Crippen LogP contribution in [-0.2, 0) is 10.0 Å². The molecule has 0 aliphatic carbocycles. The molecule has 2 saturated heterocycles. The summed E-state index contributed by atoms with van der Waals surface area (Å²) in [5.41, 5.74) is 2.34. The third-order valence-electron chi connectivity index (χ3n) is 4.34. The molecule has 1 aromatic heterocycles. The standard InChI is InChI=1S/C13H21N5O2S/c14-16-13-12(4-1-6-15-13)21(19,20)17-10-5-8-18-7-2-3-11(18)9-10/h1,4,6,10-11,17H,2-3,5,7-9,14H2,(H,15,16). The van der Waals surface area contributed by atoms with Crippen molar-refractivity contribution in [3.05, 3.63) is 18.3 Å². The molecule has 0 radical (unpaired) electrons. The number of anilines is 1. The first-order chi connectivity index (χ1) is 10.1. The van der Waals surface area contributed by atoms with Gasteiger partial charge in [0, 0.05) is 18.3 Å². The van der Waals surface area contributed by atoms with Crippen LogP contribution in [0, 0.1) is 0 Å². The van der Waals surface area contributed by atoms with Gasteiger partial charge in [0.15, 0.2) is 5.82 Å². The minimum Gasteiger partial charge on any atom is -0.307 e. The highest BCUT2D eigenvalue weighted by Gasteiger charge is 2.34. The molecule has 0 bridgehead atoms. The van der Waals surface area contributed by atoms with Crippen molar-refractivity contribution < 1.29 is 8.42 Å². The molecule has 2 aliphatic rings. The normalized spacial score (nSPS) is 26.5. The zero-order valence-electron chi connectivity index (χ0n) is 11.8. The molecule has 21 heavy (non-hydrogen) atoms. The van der Waals surface area contributed by atoms with E-state index in [1.807, 2.05) is 0 Å². The van der Waals surface area contributed by atoms with Gasteiger partial charge in [0.05, 0.1) is 0 Å². The van der Waals surface area contributed by atoms with E-state index in [9.17, 15) is 8.42 Å².